The Morgan fingerprint density at radius 2 is 2.00 bits per heavy atom. The van der Waals surface area contributed by atoms with Crippen LogP contribution >= 0.6 is 0 Å². The van der Waals surface area contributed by atoms with Crippen molar-refractivity contribution in [2.24, 2.45) is 5.73 Å². The third kappa shape index (κ3) is 2.10. The molecule has 0 radical (unpaired) electrons. The second-order valence-corrected chi connectivity index (χ2v) is 4.10. The maximum Gasteiger partial charge on any atom is 0.129 e. The molecule has 2 N–H and O–H groups in total. The van der Waals surface area contributed by atoms with Crippen LogP contribution in [0.25, 0.3) is 0 Å². The van der Waals surface area contributed by atoms with Crippen molar-refractivity contribution in [3.05, 3.63) is 35.4 Å². The highest BCUT2D eigenvalue weighted by molar-refractivity contribution is 5.19. The minimum atomic E-state index is -0.528. The maximum atomic E-state index is 13.2. The molecule has 1 aliphatic carbocycles. The summed E-state index contributed by atoms with van der Waals surface area (Å²) in [4.78, 5) is 0. The average Bonchev–Trinajstić information content (AvgIpc) is 2.83. The highest BCUT2D eigenvalue weighted by atomic mass is 19.1. The summed E-state index contributed by atoms with van der Waals surface area (Å²) >= 11 is 0. The lowest BCUT2D eigenvalue weighted by atomic mass is 10.0. The molecule has 0 unspecified atom stereocenters. The molecule has 1 aromatic rings. The van der Waals surface area contributed by atoms with Gasteiger partial charge in [0.2, 0.25) is 0 Å². The summed E-state index contributed by atoms with van der Waals surface area (Å²) in [5.74, 6) is -0.991. The van der Waals surface area contributed by atoms with Crippen LogP contribution in [-0.2, 0) is 6.42 Å². The van der Waals surface area contributed by atoms with Gasteiger partial charge >= 0.3 is 0 Å². The summed E-state index contributed by atoms with van der Waals surface area (Å²) in [6.07, 6.45) is 3.43. The fourth-order valence-electron chi connectivity index (χ4n) is 1.52. The Labute approximate surface area is 81.9 Å². The predicted molar refractivity (Wildman–Crippen MR) is 50.8 cm³/mol. The second-order valence-electron chi connectivity index (χ2n) is 4.10. The van der Waals surface area contributed by atoms with Gasteiger partial charge in [-0.25, -0.2) is 8.78 Å². The lowest BCUT2D eigenvalue weighted by Crippen LogP contribution is -2.22. The fraction of sp³-hybridized carbons (Fsp3) is 0.455. The molecule has 0 heterocycles. The second kappa shape index (κ2) is 3.31. The summed E-state index contributed by atoms with van der Waals surface area (Å²) in [6, 6.07) is 3.70. The molecule has 1 fully saturated rings. The summed E-state index contributed by atoms with van der Waals surface area (Å²) in [5, 5.41) is 0. The zero-order chi connectivity index (χ0) is 10.2. The molecule has 2 rings (SSSR count). The van der Waals surface area contributed by atoms with Gasteiger partial charge in [0.25, 0.3) is 0 Å². The van der Waals surface area contributed by atoms with E-state index in [4.69, 9.17) is 5.73 Å². The SMILES string of the molecule is NC1(CCc2ccc(F)cc2F)CC1. The molecule has 0 bridgehead atoms. The van der Waals surface area contributed by atoms with Gasteiger partial charge < -0.3 is 5.73 Å². The molecule has 0 aliphatic heterocycles. The van der Waals surface area contributed by atoms with E-state index in [9.17, 15) is 8.78 Å². The van der Waals surface area contributed by atoms with Crippen LogP contribution in [0.15, 0.2) is 18.2 Å². The fourth-order valence-corrected chi connectivity index (χ4v) is 1.52. The Bertz CT molecular complexity index is 345. The first kappa shape index (κ1) is 9.59. The Hall–Kier alpha value is -0.960. The van der Waals surface area contributed by atoms with Gasteiger partial charge in [0.05, 0.1) is 0 Å². The average molecular weight is 197 g/mol. The zero-order valence-corrected chi connectivity index (χ0v) is 7.89. The number of halogens is 2. The topological polar surface area (TPSA) is 26.0 Å². The van der Waals surface area contributed by atoms with Crippen LogP contribution in [0.2, 0.25) is 0 Å². The largest absolute Gasteiger partial charge is 0.325 e. The van der Waals surface area contributed by atoms with Gasteiger partial charge in [-0.3, -0.25) is 0 Å². The highest BCUT2D eigenvalue weighted by Crippen LogP contribution is 2.36. The normalized spacial score (nSPS) is 18.2. The van der Waals surface area contributed by atoms with Gasteiger partial charge in [-0.15, -0.1) is 0 Å². The van der Waals surface area contributed by atoms with E-state index < -0.39 is 11.6 Å². The quantitative estimate of drug-likeness (QED) is 0.791. The van der Waals surface area contributed by atoms with Crippen LogP contribution in [0.4, 0.5) is 8.78 Å². The van der Waals surface area contributed by atoms with Gasteiger partial charge in [-0.05, 0) is 37.3 Å². The minimum Gasteiger partial charge on any atom is -0.325 e. The molecule has 0 spiro atoms. The molecule has 0 amide bonds. The third-order valence-corrected chi connectivity index (χ3v) is 2.80. The first-order valence-corrected chi connectivity index (χ1v) is 4.82. The summed E-state index contributed by atoms with van der Waals surface area (Å²) in [5.41, 5.74) is 6.37. The van der Waals surface area contributed by atoms with E-state index in [2.05, 4.69) is 0 Å². The van der Waals surface area contributed by atoms with Crippen LogP contribution in [0.5, 0.6) is 0 Å². The van der Waals surface area contributed by atoms with Gasteiger partial charge in [0, 0.05) is 11.6 Å². The van der Waals surface area contributed by atoms with Crippen LogP contribution in [0, 0.1) is 11.6 Å². The summed E-state index contributed by atoms with van der Waals surface area (Å²) < 4.78 is 25.7. The van der Waals surface area contributed by atoms with Crippen LogP contribution < -0.4 is 5.73 Å². The Balaban J connectivity index is 2.02. The third-order valence-electron chi connectivity index (χ3n) is 2.80. The van der Waals surface area contributed by atoms with Crippen molar-refractivity contribution in [3.8, 4) is 0 Å². The first-order valence-electron chi connectivity index (χ1n) is 4.82. The van der Waals surface area contributed by atoms with Crippen molar-refractivity contribution in [1.29, 1.82) is 0 Å². The number of aryl methyl sites for hydroxylation is 1. The van der Waals surface area contributed by atoms with Gasteiger partial charge in [-0.2, -0.15) is 0 Å². The Morgan fingerprint density at radius 3 is 2.57 bits per heavy atom. The summed E-state index contributed by atoms with van der Waals surface area (Å²) in [6.45, 7) is 0. The van der Waals surface area contributed by atoms with E-state index in [1.807, 2.05) is 0 Å². The molecule has 0 saturated heterocycles. The van der Waals surface area contributed by atoms with Crippen molar-refractivity contribution < 1.29 is 8.78 Å². The molecule has 1 saturated carbocycles. The number of rotatable bonds is 3. The van der Waals surface area contributed by atoms with Gasteiger partial charge in [0.15, 0.2) is 0 Å². The predicted octanol–water partition coefficient (Wildman–Crippen LogP) is 2.39. The lowest BCUT2D eigenvalue weighted by Gasteiger charge is -2.08. The molecule has 14 heavy (non-hydrogen) atoms. The van der Waals surface area contributed by atoms with E-state index >= 15 is 0 Å². The molecular formula is C11H13F2N. The summed E-state index contributed by atoms with van der Waals surface area (Å²) in [7, 11) is 0. The van der Waals surface area contributed by atoms with Crippen LogP contribution in [0.1, 0.15) is 24.8 Å². The van der Waals surface area contributed by atoms with Gasteiger partial charge in [-0.1, -0.05) is 6.07 Å². The minimum absolute atomic E-state index is 0.0686. The molecule has 0 atom stereocenters. The molecule has 0 aromatic heterocycles. The smallest absolute Gasteiger partial charge is 0.129 e. The highest BCUT2D eigenvalue weighted by Gasteiger charge is 2.37. The van der Waals surface area contributed by atoms with Crippen molar-refractivity contribution in [1.82, 2.24) is 0 Å². The van der Waals surface area contributed by atoms with Crippen LogP contribution in [0.3, 0.4) is 0 Å². The van der Waals surface area contributed by atoms with E-state index in [1.54, 1.807) is 0 Å². The molecule has 1 aromatic carbocycles. The maximum absolute atomic E-state index is 13.2. The number of hydrogen-bond acceptors (Lipinski definition) is 1. The molecule has 1 aliphatic rings. The van der Waals surface area contributed by atoms with Crippen LogP contribution in [-0.4, -0.2) is 5.54 Å². The monoisotopic (exact) mass is 197 g/mol. The lowest BCUT2D eigenvalue weighted by molar-refractivity contribution is 0.553. The van der Waals surface area contributed by atoms with Crippen molar-refractivity contribution in [3.63, 3.8) is 0 Å². The van der Waals surface area contributed by atoms with Crippen molar-refractivity contribution >= 4 is 0 Å². The zero-order valence-electron chi connectivity index (χ0n) is 7.89. The molecule has 1 nitrogen and oxygen atoms in total. The van der Waals surface area contributed by atoms with E-state index in [-0.39, 0.29) is 5.54 Å². The number of benzene rings is 1. The standard InChI is InChI=1S/C11H13F2N/c12-9-2-1-8(10(13)7-9)3-4-11(14)5-6-11/h1-2,7H,3-6,14H2. The van der Waals surface area contributed by atoms with E-state index in [0.717, 1.165) is 25.3 Å². The van der Waals surface area contributed by atoms with Gasteiger partial charge in [0.1, 0.15) is 11.6 Å². The molecule has 3 heteroatoms. The van der Waals surface area contributed by atoms with E-state index in [1.165, 1.54) is 12.1 Å². The van der Waals surface area contributed by atoms with Crippen molar-refractivity contribution in [2.45, 2.75) is 31.2 Å². The first-order chi connectivity index (χ1) is 6.59. The van der Waals surface area contributed by atoms with Crippen molar-refractivity contribution in [2.75, 3.05) is 0 Å². The molecule has 76 valence electrons. The number of hydrogen-bond donors (Lipinski definition) is 1. The van der Waals surface area contributed by atoms with E-state index in [0.29, 0.717) is 12.0 Å². The Kier molecular flexibility index (Phi) is 2.27. The Morgan fingerprint density at radius 1 is 1.29 bits per heavy atom. The molecular weight excluding hydrogens is 184 g/mol. The number of nitrogens with two attached hydrogens (primary N) is 1.